The zero-order chi connectivity index (χ0) is 4.50. The molecule has 40 valence electrons. The molecule has 0 saturated heterocycles. The van der Waals surface area contributed by atoms with Gasteiger partial charge in [0.25, 0.3) is 0 Å². The molecule has 8 heteroatoms. The summed E-state index contributed by atoms with van der Waals surface area (Å²) in [5.41, 5.74) is 0. The molecule has 4 nitrogen and oxygen atoms in total. The maximum absolute atomic E-state index is 8.58. The SMILES string of the molecule is [F].[K+].[K+].[O]=[Mn](=[O])([O-])[O-]. The third kappa shape index (κ3) is 59.7. The normalized spacial score (nSPS) is 7.25. The van der Waals surface area contributed by atoms with Crippen molar-refractivity contribution >= 4 is 0 Å². The molecule has 0 atom stereocenters. The van der Waals surface area contributed by atoms with Crippen molar-refractivity contribution in [3.05, 3.63) is 0 Å². The van der Waals surface area contributed by atoms with Gasteiger partial charge < -0.3 is 0 Å². The first-order chi connectivity index (χ1) is 2.00. The monoisotopic (exact) mass is 216 g/mol. The zero-order valence-electron chi connectivity index (χ0n) is 4.39. The summed E-state index contributed by atoms with van der Waals surface area (Å²) in [5, 5.41) is 0. The molecule has 0 fully saturated rings. The van der Waals surface area contributed by atoms with Gasteiger partial charge in [-0.15, -0.1) is 0 Å². The van der Waals surface area contributed by atoms with E-state index in [9.17, 15) is 0 Å². The van der Waals surface area contributed by atoms with Gasteiger partial charge in [-0.1, -0.05) is 0 Å². The van der Waals surface area contributed by atoms with Gasteiger partial charge in [0.1, 0.15) is 0 Å². The Hall–Kier alpha value is 3.24. The molecule has 0 aromatic heterocycles. The van der Waals surface area contributed by atoms with E-state index in [-0.39, 0.29) is 107 Å². The molecule has 0 aromatic carbocycles. The molecule has 0 unspecified atom stereocenters. The van der Waals surface area contributed by atoms with Gasteiger partial charge in [-0.3, -0.25) is 0 Å². The van der Waals surface area contributed by atoms with Crippen molar-refractivity contribution in [2.24, 2.45) is 0 Å². The first-order valence-corrected chi connectivity index (χ1v) is 2.54. The van der Waals surface area contributed by atoms with Crippen LogP contribution in [-0.2, 0) is 21.0 Å². The average Bonchev–Trinajstić information content (AvgIpc) is 0.722. The summed E-state index contributed by atoms with van der Waals surface area (Å²) in [7, 11) is 0. The van der Waals surface area contributed by atoms with E-state index in [4.69, 9.17) is 16.0 Å². The molecular formula is FK2MnO4. The Morgan fingerprint density at radius 2 is 1.00 bits per heavy atom. The first-order valence-electron chi connectivity index (χ1n) is 0.617. The summed E-state index contributed by atoms with van der Waals surface area (Å²) in [5.74, 6) is 0. The molecule has 0 N–H and O–H groups in total. The Labute approximate surface area is 133 Å². The standard InChI is InChI=1S/F.2K.Mn.4O/q;2*+1;;;;2*-1. The van der Waals surface area contributed by atoms with Crippen LogP contribution in [0.25, 0.3) is 0 Å². The van der Waals surface area contributed by atoms with Crippen LogP contribution in [0.4, 0.5) is 4.70 Å². The van der Waals surface area contributed by atoms with E-state index in [0.717, 1.165) is 0 Å². The minimum atomic E-state index is -5.62. The average molecular weight is 216 g/mol. The Morgan fingerprint density at radius 3 is 1.00 bits per heavy atom. The summed E-state index contributed by atoms with van der Waals surface area (Å²) in [6.07, 6.45) is 0. The van der Waals surface area contributed by atoms with Gasteiger partial charge in [0, 0.05) is 4.70 Å². The van der Waals surface area contributed by atoms with Gasteiger partial charge >= 0.3 is 132 Å². The summed E-state index contributed by atoms with van der Waals surface area (Å²) in [4.78, 5) is 0. The molecule has 0 spiro atoms. The van der Waals surface area contributed by atoms with Crippen LogP contribution in [0.15, 0.2) is 0 Å². The van der Waals surface area contributed by atoms with E-state index < -0.39 is 13.4 Å². The Kier molecular flexibility index (Phi) is 28.8. The number of hydrogen-bond donors (Lipinski definition) is 0. The van der Waals surface area contributed by atoms with Crippen molar-refractivity contribution in [3.8, 4) is 0 Å². The number of halogens is 1. The van der Waals surface area contributed by atoms with Gasteiger partial charge in [0.05, 0.1) is 0 Å². The molecule has 0 aliphatic carbocycles. The predicted octanol–water partition coefficient (Wildman–Crippen LogP) is -8.19. The second-order valence-corrected chi connectivity index (χ2v) is 1.56. The van der Waals surface area contributed by atoms with E-state index in [1.807, 2.05) is 0 Å². The molecule has 8 heavy (non-hydrogen) atoms. The van der Waals surface area contributed by atoms with Crippen molar-refractivity contribution in [2.45, 2.75) is 0 Å². The molecule has 0 rings (SSSR count). The first kappa shape index (κ1) is 22.5. The van der Waals surface area contributed by atoms with Crippen LogP contribution in [0, 0.1) is 0 Å². The summed E-state index contributed by atoms with van der Waals surface area (Å²) in [6, 6.07) is 0. The van der Waals surface area contributed by atoms with Crippen LogP contribution in [0.1, 0.15) is 0 Å². The molecule has 0 aliphatic rings. The summed E-state index contributed by atoms with van der Waals surface area (Å²) >= 11 is -5.62. The van der Waals surface area contributed by atoms with E-state index >= 15 is 0 Å². The summed E-state index contributed by atoms with van der Waals surface area (Å²) < 4.78 is 34.3. The molecule has 1 radical (unpaired) electrons. The molecule has 0 amide bonds. The molecular weight excluding hydrogens is 216 g/mol. The van der Waals surface area contributed by atoms with Crippen LogP contribution < -0.4 is 111 Å². The van der Waals surface area contributed by atoms with Crippen molar-refractivity contribution in [1.82, 2.24) is 0 Å². The molecule has 0 aromatic rings. The van der Waals surface area contributed by atoms with Crippen LogP contribution in [0.2, 0.25) is 0 Å². The number of rotatable bonds is 0. The zero-order valence-corrected chi connectivity index (χ0v) is 11.8. The van der Waals surface area contributed by atoms with Crippen LogP contribution in [0.3, 0.4) is 0 Å². The fraction of sp³-hybridized carbons (Fsp3) is 0. The third-order valence-electron chi connectivity index (χ3n) is 0. The van der Waals surface area contributed by atoms with Crippen molar-refractivity contribution < 1.29 is 137 Å². The minimum absolute atomic E-state index is 0. The van der Waals surface area contributed by atoms with Gasteiger partial charge in [-0.2, -0.15) is 0 Å². The van der Waals surface area contributed by atoms with Gasteiger partial charge in [0.15, 0.2) is 0 Å². The Bertz CT molecular complexity index is 97.2. The van der Waals surface area contributed by atoms with Gasteiger partial charge in [0.2, 0.25) is 0 Å². The maximum atomic E-state index is 8.58. The predicted molar refractivity (Wildman–Crippen MR) is 2.48 cm³/mol. The fourth-order valence-corrected chi connectivity index (χ4v) is 0. The van der Waals surface area contributed by atoms with Crippen molar-refractivity contribution in [3.63, 3.8) is 0 Å². The Morgan fingerprint density at radius 1 is 1.00 bits per heavy atom. The van der Waals surface area contributed by atoms with E-state index in [2.05, 4.69) is 0 Å². The van der Waals surface area contributed by atoms with Crippen LogP contribution in [-0.4, -0.2) is 0 Å². The third-order valence-corrected chi connectivity index (χ3v) is 0. The van der Waals surface area contributed by atoms with E-state index in [0.29, 0.717) is 0 Å². The molecule has 0 saturated carbocycles. The Balaban J connectivity index is -0.0000000267. The molecule has 0 heterocycles. The van der Waals surface area contributed by atoms with Gasteiger partial charge in [-0.25, -0.2) is 0 Å². The second-order valence-electron chi connectivity index (χ2n) is 0.378. The fourth-order valence-electron chi connectivity index (χ4n) is 0. The second kappa shape index (κ2) is 10.2. The van der Waals surface area contributed by atoms with Crippen LogP contribution in [0.5, 0.6) is 0 Å². The van der Waals surface area contributed by atoms with Gasteiger partial charge in [-0.05, 0) is 0 Å². The van der Waals surface area contributed by atoms with Crippen LogP contribution >= 0.6 is 0 Å². The summed E-state index contributed by atoms with van der Waals surface area (Å²) in [6.45, 7) is 0. The van der Waals surface area contributed by atoms with E-state index in [1.54, 1.807) is 0 Å². The molecule has 0 aliphatic heterocycles. The van der Waals surface area contributed by atoms with E-state index in [1.165, 1.54) is 0 Å². The topological polar surface area (TPSA) is 80.3 Å². The molecule has 0 bridgehead atoms. The van der Waals surface area contributed by atoms with Crippen molar-refractivity contribution in [2.75, 3.05) is 0 Å². The quantitative estimate of drug-likeness (QED) is 0.377. The number of hydrogen-bond acceptors (Lipinski definition) is 4. The van der Waals surface area contributed by atoms with Crippen molar-refractivity contribution in [1.29, 1.82) is 0 Å².